The molecule has 4 unspecified atom stereocenters. The van der Waals surface area contributed by atoms with Gasteiger partial charge >= 0.3 is 0 Å². The maximum absolute atomic E-state index is 3.57. The summed E-state index contributed by atoms with van der Waals surface area (Å²) in [5, 5.41) is 3.57. The zero-order chi connectivity index (χ0) is 11.0. The molecule has 4 atom stereocenters. The average Bonchev–Trinajstić information content (AvgIpc) is 2.90. The van der Waals surface area contributed by atoms with Gasteiger partial charge in [-0.25, -0.2) is 0 Å². The second-order valence-electron chi connectivity index (χ2n) is 6.68. The molecule has 0 aromatic rings. The molecule has 2 bridgehead atoms. The van der Waals surface area contributed by atoms with Crippen molar-refractivity contribution < 1.29 is 0 Å². The first-order valence-corrected chi connectivity index (χ1v) is 7.52. The Kier molecular flexibility index (Phi) is 3.24. The smallest absolute Gasteiger partial charge is 0.00669 e. The summed E-state index contributed by atoms with van der Waals surface area (Å²) in [5.74, 6) is 4.42. The van der Waals surface area contributed by atoms with Gasteiger partial charge in [-0.2, -0.15) is 0 Å². The highest BCUT2D eigenvalue weighted by molar-refractivity contribution is 4.91. The van der Waals surface area contributed by atoms with Crippen molar-refractivity contribution in [3.63, 3.8) is 0 Å². The number of rotatable bonds is 6. The first-order chi connectivity index (χ1) is 7.85. The summed E-state index contributed by atoms with van der Waals surface area (Å²) in [4.78, 5) is 0. The van der Waals surface area contributed by atoms with Crippen molar-refractivity contribution >= 4 is 0 Å². The minimum Gasteiger partial charge on any atom is -0.317 e. The molecule has 3 aliphatic rings. The van der Waals surface area contributed by atoms with E-state index in [1.807, 2.05) is 0 Å². The largest absolute Gasteiger partial charge is 0.317 e. The van der Waals surface area contributed by atoms with Gasteiger partial charge in [0.05, 0.1) is 0 Å². The molecule has 0 aromatic carbocycles. The molecule has 1 nitrogen and oxygen atoms in total. The molecular weight excluding hydrogens is 194 g/mol. The molecule has 92 valence electrons. The van der Waals surface area contributed by atoms with Crippen molar-refractivity contribution in [3.8, 4) is 0 Å². The zero-order valence-corrected chi connectivity index (χ0v) is 10.8. The standard InChI is InChI=1S/C15H27N/c1-16-15(7-5-11-2-3-11)10-14-9-12-4-6-13(14)8-12/h11-16H,2-10H2,1H3. The van der Waals surface area contributed by atoms with Crippen molar-refractivity contribution in [3.05, 3.63) is 0 Å². The maximum Gasteiger partial charge on any atom is 0.00669 e. The lowest BCUT2D eigenvalue weighted by molar-refractivity contribution is 0.274. The number of hydrogen-bond donors (Lipinski definition) is 1. The van der Waals surface area contributed by atoms with Gasteiger partial charge in [0.25, 0.3) is 0 Å². The second-order valence-corrected chi connectivity index (χ2v) is 6.68. The molecule has 0 saturated heterocycles. The quantitative estimate of drug-likeness (QED) is 0.723. The topological polar surface area (TPSA) is 12.0 Å². The Balaban J connectivity index is 1.44. The van der Waals surface area contributed by atoms with Crippen molar-refractivity contribution in [1.82, 2.24) is 5.32 Å². The SMILES string of the molecule is CNC(CCC1CC1)CC1CC2CCC1C2. The summed E-state index contributed by atoms with van der Waals surface area (Å²) in [7, 11) is 2.17. The van der Waals surface area contributed by atoms with Gasteiger partial charge in [-0.05, 0) is 69.2 Å². The van der Waals surface area contributed by atoms with E-state index in [1.165, 1.54) is 32.1 Å². The van der Waals surface area contributed by atoms with E-state index in [0.29, 0.717) is 0 Å². The van der Waals surface area contributed by atoms with Crippen LogP contribution in [0.1, 0.15) is 57.8 Å². The monoisotopic (exact) mass is 221 g/mol. The lowest BCUT2D eigenvalue weighted by atomic mass is 9.83. The molecule has 0 aromatic heterocycles. The third-order valence-corrected chi connectivity index (χ3v) is 5.50. The summed E-state index contributed by atoms with van der Waals surface area (Å²) >= 11 is 0. The highest BCUT2D eigenvalue weighted by Crippen LogP contribution is 2.50. The van der Waals surface area contributed by atoms with E-state index in [9.17, 15) is 0 Å². The van der Waals surface area contributed by atoms with Crippen molar-refractivity contribution in [2.45, 2.75) is 63.8 Å². The molecule has 0 heterocycles. The fourth-order valence-corrected chi connectivity index (χ4v) is 4.25. The zero-order valence-electron chi connectivity index (χ0n) is 10.8. The van der Waals surface area contributed by atoms with Gasteiger partial charge in [-0.3, -0.25) is 0 Å². The van der Waals surface area contributed by atoms with Crippen LogP contribution in [-0.2, 0) is 0 Å². The van der Waals surface area contributed by atoms with Crippen LogP contribution in [0.4, 0.5) is 0 Å². The third kappa shape index (κ3) is 2.45. The van der Waals surface area contributed by atoms with E-state index in [2.05, 4.69) is 12.4 Å². The van der Waals surface area contributed by atoms with Gasteiger partial charge in [0, 0.05) is 6.04 Å². The molecule has 0 aliphatic heterocycles. The van der Waals surface area contributed by atoms with Crippen molar-refractivity contribution in [2.75, 3.05) is 7.05 Å². The van der Waals surface area contributed by atoms with Crippen molar-refractivity contribution in [1.29, 1.82) is 0 Å². The van der Waals surface area contributed by atoms with Crippen LogP contribution in [-0.4, -0.2) is 13.1 Å². The highest BCUT2D eigenvalue weighted by atomic mass is 14.9. The number of fused-ring (bicyclic) bond motifs is 2. The van der Waals surface area contributed by atoms with E-state index >= 15 is 0 Å². The Morgan fingerprint density at radius 3 is 2.56 bits per heavy atom. The maximum atomic E-state index is 3.57. The van der Waals surface area contributed by atoms with Gasteiger partial charge in [-0.1, -0.05) is 19.3 Å². The fraction of sp³-hybridized carbons (Fsp3) is 1.00. The molecule has 3 aliphatic carbocycles. The molecule has 3 fully saturated rings. The van der Waals surface area contributed by atoms with E-state index in [0.717, 1.165) is 29.7 Å². The van der Waals surface area contributed by atoms with Crippen LogP contribution in [0.25, 0.3) is 0 Å². The van der Waals surface area contributed by atoms with E-state index in [4.69, 9.17) is 0 Å². The van der Waals surface area contributed by atoms with Crippen LogP contribution in [0.2, 0.25) is 0 Å². The van der Waals surface area contributed by atoms with Gasteiger partial charge in [-0.15, -0.1) is 0 Å². The minimum atomic E-state index is 0.824. The molecule has 3 saturated carbocycles. The summed E-state index contributed by atoms with van der Waals surface area (Å²) in [6.45, 7) is 0. The third-order valence-electron chi connectivity index (χ3n) is 5.50. The Morgan fingerprint density at radius 2 is 2.00 bits per heavy atom. The van der Waals surface area contributed by atoms with Gasteiger partial charge in [0.1, 0.15) is 0 Å². The van der Waals surface area contributed by atoms with Gasteiger partial charge in [0.2, 0.25) is 0 Å². The second kappa shape index (κ2) is 4.68. The van der Waals surface area contributed by atoms with Crippen LogP contribution >= 0.6 is 0 Å². The highest BCUT2D eigenvalue weighted by Gasteiger charge is 2.39. The summed E-state index contributed by atoms with van der Waals surface area (Å²) < 4.78 is 0. The summed E-state index contributed by atoms with van der Waals surface area (Å²) in [5.41, 5.74) is 0. The lowest BCUT2D eigenvalue weighted by Gasteiger charge is -2.26. The molecule has 0 amide bonds. The van der Waals surface area contributed by atoms with Gasteiger partial charge < -0.3 is 5.32 Å². The molecule has 0 spiro atoms. The van der Waals surface area contributed by atoms with Crippen LogP contribution in [0.5, 0.6) is 0 Å². The lowest BCUT2D eigenvalue weighted by Crippen LogP contribution is -2.29. The molecule has 3 rings (SSSR count). The molecular formula is C15H27N. The molecule has 1 heteroatoms. The first-order valence-electron chi connectivity index (χ1n) is 7.52. The predicted octanol–water partition coefficient (Wildman–Crippen LogP) is 3.59. The number of nitrogens with one attached hydrogen (secondary N) is 1. The Morgan fingerprint density at radius 1 is 1.12 bits per heavy atom. The average molecular weight is 221 g/mol. The summed E-state index contributed by atoms with van der Waals surface area (Å²) in [6.07, 6.45) is 13.7. The van der Waals surface area contributed by atoms with Crippen LogP contribution in [0.15, 0.2) is 0 Å². The van der Waals surface area contributed by atoms with E-state index in [-0.39, 0.29) is 0 Å². The van der Waals surface area contributed by atoms with Gasteiger partial charge in [0.15, 0.2) is 0 Å². The predicted molar refractivity (Wildman–Crippen MR) is 68.4 cm³/mol. The van der Waals surface area contributed by atoms with E-state index in [1.54, 1.807) is 25.7 Å². The Labute approximate surface area is 100 Å². The Bertz CT molecular complexity index is 234. The summed E-state index contributed by atoms with van der Waals surface area (Å²) in [6, 6.07) is 0.824. The molecule has 16 heavy (non-hydrogen) atoms. The van der Waals surface area contributed by atoms with Crippen LogP contribution in [0, 0.1) is 23.7 Å². The first kappa shape index (κ1) is 11.1. The molecule has 1 N–H and O–H groups in total. The van der Waals surface area contributed by atoms with Crippen LogP contribution in [0.3, 0.4) is 0 Å². The molecule has 0 radical (unpaired) electrons. The van der Waals surface area contributed by atoms with Crippen LogP contribution < -0.4 is 5.32 Å². The fourth-order valence-electron chi connectivity index (χ4n) is 4.25. The number of hydrogen-bond acceptors (Lipinski definition) is 1. The van der Waals surface area contributed by atoms with E-state index < -0.39 is 0 Å². The Hall–Kier alpha value is -0.0400. The van der Waals surface area contributed by atoms with Crippen molar-refractivity contribution in [2.24, 2.45) is 23.7 Å². The normalized spacial score (nSPS) is 39.2. The minimum absolute atomic E-state index is 0.824.